The molecule has 3 rings (SSSR count). The normalized spacial score (nSPS) is 15.9. The van der Waals surface area contributed by atoms with Crippen LogP contribution < -0.4 is 5.56 Å². The van der Waals surface area contributed by atoms with E-state index >= 15 is 0 Å². The number of aromatic amines is 1. The van der Waals surface area contributed by atoms with E-state index in [0.29, 0.717) is 24.8 Å². The summed E-state index contributed by atoms with van der Waals surface area (Å²) >= 11 is 1.76. The highest BCUT2D eigenvalue weighted by molar-refractivity contribution is 8.00. The molecule has 0 radical (unpaired) electrons. The van der Waals surface area contributed by atoms with Crippen molar-refractivity contribution in [3.05, 3.63) is 34.2 Å². The molecule has 146 valence electrons. The predicted molar refractivity (Wildman–Crippen MR) is 108 cm³/mol. The summed E-state index contributed by atoms with van der Waals surface area (Å²) in [5, 5.41) is 0.421. The second-order valence-electron chi connectivity index (χ2n) is 7.87. The van der Waals surface area contributed by atoms with Crippen molar-refractivity contribution in [1.82, 2.24) is 14.9 Å². The number of likely N-dealkylation sites (tertiary alicyclic amines) is 1. The summed E-state index contributed by atoms with van der Waals surface area (Å²) in [5.74, 6) is 0. The summed E-state index contributed by atoms with van der Waals surface area (Å²) in [7, 11) is 0. The van der Waals surface area contributed by atoms with Crippen LogP contribution >= 0.6 is 11.8 Å². The van der Waals surface area contributed by atoms with Crippen molar-refractivity contribution < 1.29 is 9.53 Å². The van der Waals surface area contributed by atoms with Gasteiger partial charge in [-0.3, -0.25) is 9.78 Å². The zero-order chi connectivity index (χ0) is 19.6. The van der Waals surface area contributed by atoms with Crippen LogP contribution in [0.15, 0.2) is 28.0 Å². The van der Waals surface area contributed by atoms with E-state index in [0.717, 1.165) is 34.3 Å². The van der Waals surface area contributed by atoms with Crippen molar-refractivity contribution in [2.75, 3.05) is 13.1 Å². The molecule has 0 bridgehead atoms. The number of nitrogens with zero attached hydrogens (tertiary/aromatic N) is 2. The van der Waals surface area contributed by atoms with Crippen LogP contribution in [0.1, 0.15) is 46.1 Å². The molecule has 1 amide bonds. The molecule has 0 aromatic carbocycles. The number of aryl methyl sites for hydroxylation is 1. The van der Waals surface area contributed by atoms with Crippen molar-refractivity contribution in [1.29, 1.82) is 0 Å². The van der Waals surface area contributed by atoms with Crippen LogP contribution in [-0.2, 0) is 11.2 Å². The van der Waals surface area contributed by atoms with Crippen LogP contribution in [0.2, 0.25) is 0 Å². The molecule has 7 heteroatoms. The predicted octanol–water partition coefficient (Wildman–Crippen LogP) is 3.98. The molecular formula is C20H27N3O3S. The van der Waals surface area contributed by atoms with Crippen molar-refractivity contribution in [2.45, 2.75) is 62.7 Å². The number of pyridine rings is 2. The minimum absolute atomic E-state index is 0.0420. The highest BCUT2D eigenvalue weighted by Crippen LogP contribution is 2.31. The van der Waals surface area contributed by atoms with Gasteiger partial charge in [0, 0.05) is 35.0 Å². The molecule has 1 fully saturated rings. The smallest absolute Gasteiger partial charge is 0.410 e. The molecule has 3 heterocycles. The zero-order valence-electron chi connectivity index (χ0n) is 16.4. The quantitative estimate of drug-likeness (QED) is 0.859. The lowest BCUT2D eigenvalue weighted by Gasteiger charge is -2.33. The summed E-state index contributed by atoms with van der Waals surface area (Å²) in [6.07, 6.45) is 4.15. The van der Waals surface area contributed by atoms with Gasteiger partial charge in [-0.2, -0.15) is 0 Å². The van der Waals surface area contributed by atoms with E-state index in [-0.39, 0.29) is 11.7 Å². The minimum Gasteiger partial charge on any atom is -0.444 e. The molecule has 6 nitrogen and oxygen atoms in total. The molecular weight excluding hydrogens is 362 g/mol. The summed E-state index contributed by atoms with van der Waals surface area (Å²) < 4.78 is 5.45. The number of aromatic nitrogens is 2. The van der Waals surface area contributed by atoms with Crippen molar-refractivity contribution in [3.63, 3.8) is 0 Å². The first kappa shape index (κ1) is 19.7. The van der Waals surface area contributed by atoms with E-state index in [2.05, 4.69) is 9.97 Å². The molecule has 1 aliphatic rings. The number of H-pyrrole nitrogens is 1. The molecule has 0 atom stereocenters. The van der Waals surface area contributed by atoms with Crippen molar-refractivity contribution in [3.8, 4) is 0 Å². The van der Waals surface area contributed by atoms with Gasteiger partial charge < -0.3 is 14.6 Å². The highest BCUT2D eigenvalue weighted by Gasteiger charge is 2.27. The molecule has 1 saturated heterocycles. The first-order valence-electron chi connectivity index (χ1n) is 9.41. The maximum Gasteiger partial charge on any atom is 0.410 e. The molecule has 0 saturated carbocycles. The lowest BCUT2D eigenvalue weighted by Crippen LogP contribution is -2.42. The Balaban J connectivity index is 1.62. The van der Waals surface area contributed by atoms with Gasteiger partial charge in [-0.1, -0.05) is 6.92 Å². The molecule has 1 N–H and O–H groups in total. The summed E-state index contributed by atoms with van der Waals surface area (Å²) in [6, 6.07) is 3.86. The first-order chi connectivity index (χ1) is 12.7. The summed E-state index contributed by atoms with van der Waals surface area (Å²) in [6.45, 7) is 9.01. The fraction of sp³-hybridized carbons (Fsp3) is 0.550. The van der Waals surface area contributed by atoms with Crippen LogP contribution in [0.25, 0.3) is 11.0 Å². The number of fused-ring (bicyclic) bond motifs is 1. The Hall–Kier alpha value is -2.02. The maximum absolute atomic E-state index is 12.2. The molecule has 2 aromatic heterocycles. The van der Waals surface area contributed by atoms with Crippen LogP contribution in [0, 0.1) is 0 Å². The highest BCUT2D eigenvalue weighted by atomic mass is 32.2. The van der Waals surface area contributed by atoms with Gasteiger partial charge in [-0.05, 0) is 52.2 Å². The third-order valence-electron chi connectivity index (χ3n) is 4.52. The van der Waals surface area contributed by atoms with Crippen molar-refractivity contribution >= 4 is 28.9 Å². The van der Waals surface area contributed by atoms with E-state index in [1.54, 1.807) is 16.7 Å². The number of amides is 1. The van der Waals surface area contributed by atoms with Gasteiger partial charge in [-0.15, -0.1) is 11.8 Å². The number of piperidine rings is 1. The van der Waals surface area contributed by atoms with Crippen LogP contribution in [-0.4, -0.2) is 44.9 Å². The fourth-order valence-electron chi connectivity index (χ4n) is 3.11. The number of hydrogen-bond acceptors (Lipinski definition) is 5. The molecule has 0 aliphatic carbocycles. The van der Waals surface area contributed by atoms with Crippen molar-refractivity contribution in [2.24, 2.45) is 0 Å². The Labute approximate surface area is 163 Å². The Morgan fingerprint density at radius 3 is 2.67 bits per heavy atom. The van der Waals surface area contributed by atoms with Crippen LogP contribution in [0.3, 0.4) is 0 Å². The van der Waals surface area contributed by atoms with Crippen LogP contribution in [0.5, 0.6) is 0 Å². The second kappa shape index (κ2) is 7.92. The molecule has 0 unspecified atom stereocenters. The standard InChI is InChI=1S/C20H27N3O3S/c1-5-13-10-16-17(22-18(13)24)11-15(12-21-16)27-14-6-8-23(9-7-14)19(25)26-20(2,3)4/h10-12,14H,5-9H2,1-4H3,(H,22,24). The zero-order valence-corrected chi connectivity index (χ0v) is 17.2. The van der Waals surface area contributed by atoms with Gasteiger partial charge in [0.05, 0.1) is 11.0 Å². The molecule has 2 aromatic rings. The van der Waals surface area contributed by atoms with E-state index in [1.165, 1.54) is 0 Å². The van der Waals surface area contributed by atoms with Gasteiger partial charge in [0.2, 0.25) is 0 Å². The minimum atomic E-state index is -0.464. The summed E-state index contributed by atoms with van der Waals surface area (Å²) in [4.78, 5) is 34.4. The lowest BCUT2D eigenvalue weighted by molar-refractivity contribution is 0.0219. The topological polar surface area (TPSA) is 75.3 Å². The Kier molecular flexibility index (Phi) is 5.79. The van der Waals surface area contributed by atoms with Gasteiger partial charge in [0.25, 0.3) is 5.56 Å². The summed E-state index contributed by atoms with van der Waals surface area (Å²) in [5.41, 5.74) is 1.84. The average Bonchev–Trinajstić information content (AvgIpc) is 2.60. The number of thioether (sulfide) groups is 1. The second-order valence-corrected chi connectivity index (χ2v) is 9.24. The van der Waals surface area contributed by atoms with E-state index in [1.807, 2.05) is 46.0 Å². The number of rotatable bonds is 3. The SMILES string of the molecule is CCc1cc2ncc(SC3CCN(C(=O)OC(C)(C)C)CC3)cc2[nH]c1=O. The average molecular weight is 390 g/mol. The number of nitrogens with one attached hydrogen (secondary N) is 1. The molecule has 1 aliphatic heterocycles. The third-order valence-corrected chi connectivity index (χ3v) is 5.82. The molecule has 27 heavy (non-hydrogen) atoms. The number of ether oxygens (including phenoxy) is 1. The largest absolute Gasteiger partial charge is 0.444 e. The van der Waals surface area contributed by atoms with Gasteiger partial charge >= 0.3 is 6.09 Å². The maximum atomic E-state index is 12.2. The van der Waals surface area contributed by atoms with E-state index in [4.69, 9.17) is 4.74 Å². The van der Waals surface area contributed by atoms with E-state index < -0.39 is 5.60 Å². The van der Waals surface area contributed by atoms with Gasteiger partial charge in [0.1, 0.15) is 5.60 Å². The van der Waals surface area contributed by atoms with Crippen LogP contribution in [0.4, 0.5) is 4.79 Å². The fourth-order valence-corrected chi connectivity index (χ4v) is 4.24. The first-order valence-corrected chi connectivity index (χ1v) is 10.3. The number of carbonyl (C=O) groups excluding carboxylic acids is 1. The van der Waals surface area contributed by atoms with Gasteiger partial charge in [0.15, 0.2) is 0 Å². The molecule has 0 spiro atoms. The lowest BCUT2D eigenvalue weighted by atomic mass is 10.1. The van der Waals surface area contributed by atoms with E-state index in [9.17, 15) is 9.59 Å². The van der Waals surface area contributed by atoms with Gasteiger partial charge in [-0.25, -0.2) is 4.79 Å². The number of hydrogen-bond donors (Lipinski definition) is 1. The Morgan fingerprint density at radius 2 is 2.04 bits per heavy atom. The monoisotopic (exact) mass is 389 g/mol. The third kappa shape index (κ3) is 5.03. The Morgan fingerprint density at radius 1 is 1.33 bits per heavy atom. The Bertz CT molecular complexity index is 880. The number of carbonyl (C=O) groups is 1.